The van der Waals surface area contributed by atoms with E-state index in [1.807, 2.05) is 13.0 Å². The van der Waals surface area contributed by atoms with E-state index in [1.54, 1.807) is 0 Å². The Morgan fingerprint density at radius 3 is 2.44 bits per heavy atom. The second-order valence-corrected chi connectivity index (χ2v) is 6.91. The van der Waals surface area contributed by atoms with Crippen LogP contribution in [0.15, 0.2) is 42.5 Å². The number of carbonyl (C=O) groups is 2. The van der Waals surface area contributed by atoms with E-state index in [-0.39, 0.29) is 24.2 Å². The Hall–Kier alpha value is -2.89. The molecule has 6 heteroatoms. The number of halogens is 1. The lowest BCUT2D eigenvalue weighted by molar-refractivity contribution is -0.121. The number of rotatable bonds is 4. The molecule has 1 aliphatic rings. The van der Waals surface area contributed by atoms with Gasteiger partial charge < -0.3 is 5.32 Å². The zero-order valence-corrected chi connectivity index (χ0v) is 15.3. The summed E-state index contributed by atoms with van der Waals surface area (Å²) in [7, 11) is 0. The SMILES string of the molecule is CC(NC(=O)NNC(=O)Cc1ccc(F)cc1)c1ccc2c(c1)CCCC2. The molecule has 3 amide bonds. The number of benzene rings is 2. The van der Waals surface area contributed by atoms with Gasteiger partial charge in [0.05, 0.1) is 12.5 Å². The second-order valence-electron chi connectivity index (χ2n) is 6.91. The zero-order valence-electron chi connectivity index (χ0n) is 15.3. The summed E-state index contributed by atoms with van der Waals surface area (Å²) in [5, 5.41) is 2.82. The van der Waals surface area contributed by atoms with Gasteiger partial charge in [0.2, 0.25) is 5.91 Å². The molecular formula is C21H24FN3O2. The lowest BCUT2D eigenvalue weighted by atomic mass is 9.89. The summed E-state index contributed by atoms with van der Waals surface area (Å²) in [6.45, 7) is 1.91. The van der Waals surface area contributed by atoms with E-state index in [9.17, 15) is 14.0 Å². The Balaban J connectivity index is 1.47. The molecule has 0 saturated heterocycles. The fourth-order valence-corrected chi connectivity index (χ4v) is 3.30. The molecule has 27 heavy (non-hydrogen) atoms. The van der Waals surface area contributed by atoms with Crippen LogP contribution in [0, 0.1) is 5.82 Å². The Morgan fingerprint density at radius 1 is 1.00 bits per heavy atom. The standard InChI is InChI=1S/C21H24FN3O2/c1-14(17-9-8-16-4-2-3-5-18(16)13-17)23-21(27)25-24-20(26)12-15-6-10-19(22)11-7-15/h6-11,13-14H,2-5,12H2,1H3,(H,24,26)(H2,23,25,27). The second kappa shape index (κ2) is 8.66. The van der Waals surface area contributed by atoms with Gasteiger partial charge in [0.15, 0.2) is 0 Å². The van der Waals surface area contributed by atoms with Crippen molar-refractivity contribution in [3.05, 3.63) is 70.5 Å². The van der Waals surface area contributed by atoms with Crippen molar-refractivity contribution in [2.45, 2.75) is 45.1 Å². The van der Waals surface area contributed by atoms with E-state index in [4.69, 9.17) is 0 Å². The van der Waals surface area contributed by atoms with Crippen LogP contribution in [0.25, 0.3) is 0 Å². The van der Waals surface area contributed by atoms with Crippen LogP contribution in [0.4, 0.5) is 9.18 Å². The molecular weight excluding hydrogens is 345 g/mol. The van der Waals surface area contributed by atoms with Gasteiger partial charge in [-0.2, -0.15) is 0 Å². The van der Waals surface area contributed by atoms with Crippen molar-refractivity contribution in [3.8, 4) is 0 Å². The average Bonchev–Trinajstić information content (AvgIpc) is 2.68. The van der Waals surface area contributed by atoms with Gasteiger partial charge in [0.1, 0.15) is 5.82 Å². The third-order valence-corrected chi connectivity index (χ3v) is 4.81. The van der Waals surface area contributed by atoms with Gasteiger partial charge in [-0.05, 0) is 67.0 Å². The Kier molecular flexibility index (Phi) is 6.06. The number of amides is 3. The predicted molar refractivity (Wildman–Crippen MR) is 101 cm³/mol. The molecule has 0 fully saturated rings. The maximum atomic E-state index is 12.9. The van der Waals surface area contributed by atoms with Gasteiger partial charge >= 0.3 is 6.03 Å². The fourth-order valence-electron chi connectivity index (χ4n) is 3.30. The summed E-state index contributed by atoms with van der Waals surface area (Å²) in [6.07, 6.45) is 4.71. The number of aryl methyl sites for hydroxylation is 2. The molecule has 0 aromatic heterocycles. The van der Waals surface area contributed by atoms with Gasteiger partial charge in [-0.15, -0.1) is 0 Å². The van der Waals surface area contributed by atoms with Crippen molar-refractivity contribution in [2.75, 3.05) is 0 Å². The smallest absolute Gasteiger partial charge is 0.330 e. The molecule has 1 aliphatic carbocycles. The quantitative estimate of drug-likeness (QED) is 0.724. The Bertz CT molecular complexity index is 821. The van der Waals surface area contributed by atoms with E-state index >= 15 is 0 Å². The van der Waals surface area contributed by atoms with Crippen molar-refractivity contribution < 1.29 is 14.0 Å². The molecule has 0 heterocycles. The zero-order chi connectivity index (χ0) is 19.2. The van der Waals surface area contributed by atoms with Gasteiger partial charge in [-0.25, -0.2) is 14.6 Å². The lowest BCUT2D eigenvalue weighted by Crippen LogP contribution is -2.48. The molecule has 0 radical (unpaired) electrons. The summed E-state index contributed by atoms with van der Waals surface area (Å²) >= 11 is 0. The van der Waals surface area contributed by atoms with Crippen LogP contribution in [0.3, 0.4) is 0 Å². The summed E-state index contributed by atoms with van der Waals surface area (Å²) in [5.41, 5.74) is 9.18. The van der Waals surface area contributed by atoms with Crippen LogP contribution in [-0.2, 0) is 24.1 Å². The maximum absolute atomic E-state index is 12.9. The van der Waals surface area contributed by atoms with Crippen LogP contribution in [0.5, 0.6) is 0 Å². The Morgan fingerprint density at radius 2 is 1.70 bits per heavy atom. The van der Waals surface area contributed by atoms with E-state index in [2.05, 4.69) is 28.3 Å². The highest BCUT2D eigenvalue weighted by Crippen LogP contribution is 2.24. The van der Waals surface area contributed by atoms with Gasteiger partial charge in [0, 0.05) is 0 Å². The van der Waals surface area contributed by atoms with Gasteiger partial charge in [0.25, 0.3) is 0 Å². The van der Waals surface area contributed by atoms with Crippen LogP contribution >= 0.6 is 0 Å². The number of urea groups is 1. The first-order valence-corrected chi connectivity index (χ1v) is 9.23. The molecule has 142 valence electrons. The molecule has 1 unspecified atom stereocenters. The van der Waals surface area contributed by atoms with E-state index in [0.717, 1.165) is 18.4 Å². The van der Waals surface area contributed by atoms with Crippen LogP contribution in [0.1, 0.15) is 48.1 Å². The topological polar surface area (TPSA) is 70.2 Å². The van der Waals surface area contributed by atoms with Crippen molar-refractivity contribution in [2.24, 2.45) is 0 Å². The van der Waals surface area contributed by atoms with Crippen LogP contribution < -0.4 is 16.2 Å². The number of carbonyl (C=O) groups excluding carboxylic acids is 2. The number of hydrazine groups is 1. The molecule has 0 aliphatic heterocycles. The van der Waals surface area contributed by atoms with Gasteiger partial charge in [-0.1, -0.05) is 30.3 Å². The summed E-state index contributed by atoms with van der Waals surface area (Å²) < 4.78 is 12.9. The third-order valence-electron chi connectivity index (χ3n) is 4.81. The van der Waals surface area contributed by atoms with Crippen molar-refractivity contribution in [3.63, 3.8) is 0 Å². The first-order valence-electron chi connectivity index (χ1n) is 9.23. The number of hydrogen-bond donors (Lipinski definition) is 3. The minimum Gasteiger partial charge on any atom is -0.330 e. The molecule has 3 rings (SSSR count). The minimum absolute atomic E-state index is 0.0565. The highest BCUT2D eigenvalue weighted by molar-refractivity contribution is 5.82. The maximum Gasteiger partial charge on any atom is 0.333 e. The normalized spacial score (nSPS) is 14.0. The van der Waals surface area contributed by atoms with E-state index in [1.165, 1.54) is 48.2 Å². The number of fused-ring (bicyclic) bond motifs is 1. The highest BCUT2D eigenvalue weighted by Gasteiger charge is 2.14. The largest absolute Gasteiger partial charge is 0.333 e. The van der Waals surface area contributed by atoms with Gasteiger partial charge in [-0.3, -0.25) is 10.2 Å². The van der Waals surface area contributed by atoms with E-state index < -0.39 is 6.03 Å². The molecule has 1 atom stereocenters. The molecule has 2 aromatic carbocycles. The third kappa shape index (κ3) is 5.29. The summed E-state index contributed by atoms with van der Waals surface area (Å²) in [4.78, 5) is 23.9. The number of hydrogen-bond acceptors (Lipinski definition) is 2. The minimum atomic E-state index is -0.479. The lowest BCUT2D eigenvalue weighted by Gasteiger charge is -2.20. The molecule has 0 bridgehead atoms. The Labute approximate surface area is 158 Å². The highest BCUT2D eigenvalue weighted by atomic mass is 19.1. The molecule has 3 N–H and O–H groups in total. The first kappa shape index (κ1) is 18.9. The average molecular weight is 369 g/mol. The van der Waals surface area contributed by atoms with Crippen molar-refractivity contribution >= 4 is 11.9 Å². The number of nitrogens with one attached hydrogen (secondary N) is 3. The van der Waals surface area contributed by atoms with Crippen LogP contribution in [0.2, 0.25) is 0 Å². The summed E-state index contributed by atoms with van der Waals surface area (Å²) in [6, 6.07) is 11.4. The molecule has 2 aromatic rings. The molecule has 0 spiro atoms. The van der Waals surface area contributed by atoms with E-state index in [0.29, 0.717) is 5.56 Å². The molecule has 5 nitrogen and oxygen atoms in total. The predicted octanol–water partition coefficient (Wildman–Crippen LogP) is 3.34. The van der Waals surface area contributed by atoms with Crippen LogP contribution in [-0.4, -0.2) is 11.9 Å². The molecule has 0 saturated carbocycles. The first-order chi connectivity index (χ1) is 13.0. The summed E-state index contributed by atoms with van der Waals surface area (Å²) in [5.74, 6) is -0.731. The van der Waals surface area contributed by atoms with Crippen molar-refractivity contribution in [1.82, 2.24) is 16.2 Å². The fraction of sp³-hybridized carbons (Fsp3) is 0.333. The van der Waals surface area contributed by atoms with Crippen molar-refractivity contribution in [1.29, 1.82) is 0 Å². The monoisotopic (exact) mass is 369 g/mol.